The minimum absolute atomic E-state index is 0.0486. The van der Waals surface area contributed by atoms with Crippen molar-refractivity contribution in [1.82, 2.24) is 0 Å². The normalized spacial score (nSPS) is 10.5. The van der Waals surface area contributed by atoms with Crippen molar-refractivity contribution in [1.29, 1.82) is 0 Å². The first kappa shape index (κ1) is 99.5. The third-order valence-corrected chi connectivity index (χ3v) is 23.3. The second-order valence-corrected chi connectivity index (χ2v) is 33.4. The van der Waals surface area contributed by atoms with Crippen LogP contribution in [0.5, 0.6) is 69.0 Å². The molecule has 0 aliphatic rings. The average molecular weight is 1900 g/mol. The van der Waals surface area contributed by atoms with E-state index in [4.69, 9.17) is 37.9 Å². The number of benzene rings is 18. The Morgan fingerprint density at radius 2 is 0.222 bits per heavy atom. The molecule has 0 aliphatic carbocycles. The van der Waals surface area contributed by atoms with Gasteiger partial charge in [0, 0.05) is 111 Å². The fourth-order valence-corrected chi connectivity index (χ4v) is 15.0. The van der Waals surface area contributed by atoms with Crippen molar-refractivity contribution in [3.63, 3.8) is 0 Å². The molecule has 0 heterocycles. The zero-order valence-electron chi connectivity index (χ0n) is 79.9. The summed E-state index contributed by atoms with van der Waals surface area (Å²) in [6.45, 7) is 8.00. The Balaban J connectivity index is 0.000000145. The molecular formula is C126H96O18. The summed E-state index contributed by atoms with van der Waals surface area (Å²) >= 11 is 0. The van der Waals surface area contributed by atoms with Crippen LogP contribution in [0, 0.1) is 27.7 Å². The summed E-state index contributed by atoms with van der Waals surface area (Å²) < 4.78 is 44.0. The van der Waals surface area contributed by atoms with Crippen LogP contribution < -0.4 is 37.9 Å². The first-order chi connectivity index (χ1) is 69.9. The predicted octanol–water partition coefficient (Wildman–Crippen LogP) is 27.5. The molecule has 18 aromatic carbocycles. The summed E-state index contributed by atoms with van der Waals surface area (Å²) in [5, 5.41) is 0. The molecule has 0 aromatic heterocycles. The second-order valence-electron chi connectivity index (χ2n) is 33.4. The number of ether oxygens (including phenoxy) is 8. The van der Waals surface area contributed by atoms with Gasteiger partial charge in [-0.3, -0.25) is 47.9 Å². The molecule has 0 fully saturated rings. The summed E-state index contributed by atoms with van der Waals surface area (Å²) in [6, 6.07) is 126. The molecule has 0 unspecified atom stereocenters. The van der Waals surface area contributed by atoms with Crippen LogP contribution in [0.4, 0.5) is 0 Å². The van der Waals surface area contributed by atoms with Crippen molar-refractivity contribution in [3.05, 3.63) is 570 Å². The van der Waals surface area contributed by atoms with E-state index in [1.54, 1.807) is 368 Å². The number of carbonyl (C=O) groups is 10. The van der Waals surface area contributed by atoms with Gasteiger partial charge in [-0.2, -0.15) is 0 Å². The van der Waals surface area contributed by atoms with Crippen molar-refractivity contribution >= 4 is 57.8 Å². The predicted molar refractivity (Wildman–Crippen MR) is 556 cm³/mol. The standard InChI is InChI=1S/2C35H26O5.2C28H22O4/c1-23-3-5-24(6-4-23)33(36)28-13-19-31(20-14-28)40-32-21-15-29(16-22-32)35(38)26-9-7-25(8-10-26)34(37)27-11-17-30(39-2)18-12-27;1-23-6-8-24(9-7-23)33(36)25-12-18-31(19-13-25)40-32-20-14-27(15-21-32)35(38)29-5-3-4-28(22-29)34(37)26-10-16-30(39-2)17-11-26;1-19-3-13-25(14-4-19)32-26-17-11-23(12-18-26)28(30)21-7-5-20(6-8-21)27(29)22-9-15-24(31-2)16-10-22;1-19-6-12-25(13-7-19)32-26-16-10-21(11-17-26)28(30)23-5-3-4-22(18-23)27(29)20-8-14-24(31-2)15-9-20/h2*3-22H,1-2H3;2*3-18H,1-2H3. The van der Waals surface area contributed by atoms with Gasteiger partial charge in [0.2, 0.25) is 0 Å². The fourth-order valence-electron chi connectivity index (χ4n) is 15.0. The van der Waals surface area contributed by atoms with Gasteiger partial charge in [0.15, 0.2) is 57.8 Å². The van der Waals surface area contributed by atoms with E-state index in [1.807, 2.05) is 125 Å². The van der Waals surface area contributed by atoms with Crippen molar-refractivity contribution in [2.45, 2.75) is 27.7 Å². The zero-order chi connectivity index (χ0) is 101. The lowest BCUT2D eigenvalue weighted by atomic mass is 9.97. The number of hydrogen-bond donors (Lipinski definition) is 0. The van der Waals surface area contributed by atoms with Crippen LogP contribution in [0.2, 0.25) is 0 Å². The third kappa shape index (κ3) is 26.1. The lowest BCUT2D eigenvalue weighted by Gasteiger charge is -2.09. The minimum atomic E-state index is -0.199. The summed E-state index contributed by atoms with van der Waals surface area (Å²) in [7, 11) is 6.30. The molecule has 0 saturated carbocycles. The molecule has 18 nitrogen and oxygen atoms in total. The smallest absolute Gasteiger partial charge is 0.193 e. The molecule has 18 aromatic rings. The zero-order valence-corrected chi connectivity index (χ0v) is 79.9. The Hall–Kier alpha value is -18.9. The highest BCUT2D eigenvalue weighted by Crippen LogP contribution is 2.32. The van der Waals surface area contributed by atoms with Crippen LogP contribution in [0.1, 0.15) is 181 Å². The van der Waals surface area contributed by atoms with E-state index in [1.165, 1.54) is 0 Å². The van der Waals surface area contributed by atoms with Gasteiger partial charge in [-0.15, -0.1) is 0 Å². The molecule has 18 rings (SSSR count). The second kappa shape index (κ2) is 47.4. The Labute approximate surface area is 834 Å². The molecule has 0 spiro atoms. The van der Waals surface area contributed by atoms with Gasteiger partial charge in [-0.25, -0.2) is 0 Å². The topological polar surface area (TPSA) is 245 Å². The average Bonchev–Trinajstić information content (AvgIpc) is 0.842. The van der Waals surface area contributed by atoms with Gasteiger partial charge in [0.1, 0.15) is 69.0 Å². The van der Waals surface area contributed by atoms with Crippen LogP contribution in [0.25, 0.3) is 0 Å². The molecule has 708 valence electrons. The Morgan fingerprint density at radius 3 is 0.354 bits per heavy atom. The quantitative estimate of drug-likeness (QED) is 0.0356. The molecule has 18 heteroatoms. The van der Waals surface area contributed by atoms with E-state index in [0.717, 1.165) is 33.8 Å². The lowest BCUT2D eigenvalue weighted by molar-refractivity contribution is 0.102. The minimum Gasteiger partial charge on any atom is -0.497 e. The fraction of sp³-hybridized carbons (Fsp3) is 0.0635. The highest BCUT2D eigenvalue weighted by atomic mass is 16.5. The number of rotatable bonds is 32. The van der Waals surface area contributed by atoms with Crippen LogP contribution >= 0.6 is 0 Å². The maximum Gasteiger partial charge on any atom is 0.193 e. The number of aryl methyl sites for hydroxylation is 4. The monoisotopic (exact) mass is 1900 g/mol. The van der Waals surface area contributed by atoms with Crippen LogP contribution in [0.15, 0.2) is 437 Å². The SMILES string of the molecule is COc1ccc(C(=O)c2ccc(C(=O)c3ccc(Oc4ccc(C(=O)c5ccc(C)cc5)cc4)cc3)cc2)cc1.COc1ccc(C(=O)c2ccc(C(=O)c3ccc(Oc4ccc(C)cc4)cc3)cc2)cc1.COc1ccc(C(=O)c2cccc(C(=O)c3ccc(Oc4ccc(C(=O)c5ccc(C)cc5)cc4)cc3)c2)cc1.COc1ccc(C(=O)c2cccc(C(=O)c3ccc(Oc4ccc(C)cc4)cc3)c2)cc1. The van der Waals surface area contributed by atoms with Gasteiger partial charge in [-0.05, 0) is 307 Å². The molecule has 144 heavy (non-hydrogen) atoms. The number of methoxy groups -OCH3 is 4. The van der Waals surface area contributed by atoms with E-state index in [0.29, 0.717) is 169 Å². The van der Waals surface area contributed by atoms with Crippen molar-refractivity contribution in [2.75, 3.05) is 28.4 Å². The van der Waals surface area contributed by atoms with E-state index >= 15 is 0 Å². The maximum atomic E-state index is 13.1. The third-order valence-electron chi connectivity index (χ3n) is 23.3. The van der Waals surface area contributed by atoms with E-state index in [-0.39, 0.29) is 57.8 Å². The van der Waals surface area contributed by atoms with Crippen LogP contribution in [-0.2, 0) is 0 Å². The van der Waals surface area contributed by atoms with Gasteiger partial charge >= 0.3 is 0 Å². The molecule has 0 N–H and O–H groups in total. The molecule has 0 aliphatic heterocycles. The van der Waals surface area contributed by atoms with Crippen molar-refractivity contribution in [2.24, 2.45) is 0 Å². The number of ketones is 10. The van der Waals surface area contributed by atoms with Crippen LogP contribution in [0.3, 0.4) is 0 Å². The molecule has 0 saturated heterocycles. The molecule has 0 bridgehead atoms. The van der Waals surface area contributed by atoms with E-state index in [9.17, 15) is 47.9 Å². The summed E-state index contributed by atoms with van der Waals surface area (Å²) in [5.41, 5.74) is 14.9. The molecule has 0 amide bonds. The highest BCUT2D eigenvalue weighted by molar-refractivity contribution is 6.17. The summed E-state index contributed by atoms with van der Waals surface area (Å²) in [5.74, 6) is 6.48. The van der Waals surface area contributed by atoms with E-state index < -0.39 is 0 Å². The van der Waals surface area contributed by atoms with Gasteiger partial charge in [-0.1, -0.05) is 180 Å². The molecule has 0 radical (unpaired) electrons. The number of carbonyl (C=O) groups excluding carboxylic acids is 10. The maximum absolute atomic E-state index is 13.1. The molecular weight excluding hydrogens is 1800 g/mol. The summed E-state index contributed by atoms with van der Waals surface area (Å²) in [4.78, 5) is 129. The lowest BCUT2D eigenvalue weighted by Crippen LogP contribution is -2.06. The molecule has 0 atom stereocenters. The van der Waals surface area contributed by atoms with Gasteiger partial charge in [0.25, 0.3) is 0 Å². The van der Waals surface area contributed by atoms with Crippen molar-refractivity contribution < 1.29 is 85.8 Å². The Kier molecular flexibility index (Phi) is 32.8. The van der Waals surface area contributed by atoms with Gasteiger partial charge < -0.3 is 37.9 Å². The first-order valence-electron chi connectivity index (χ1n) is 45.9. The highest BCUT2D eigenvalue weighted by Gasteiger charge is 2.22. The number of hydrogen-bond acceptors (Lipinski definition) is 18. The van der Waals surface area contributed by atoms with Crippen LogP contribution in [-0.4, -0.2) is 86.3 Å². The van der Waals surface area contributed by atoms with Gasteiger partial charge in [0.05, 0.1) is 28.4 Å². The van der Waals surface area contributed by atoms with E-state index in [2.05, 4.69) is 0 Å². The first-order valence-corrected chi connectivity index (χ1v) is 45.9. The largest absolute Gasteiger partial charge is 0.497 e. The Bertz CT molecular complexity index is 7600. The van der Waals surface area contributed by atoms with Crippen molar-refractivity contribution in [3.8, 4) is 69.0 Å². The Morgan fingerprint density at radius 1 is 0.125 bits per heavy atom. The summed E-state index contributed by atoms with van der Waals surface area (Å²) in [6.07, 6.45) is 0.